The van der Waals surface area contributed by atoms with Gasteiger partial charge in [-0.05, 0) is 55.7 Å². The monoisotopic (exact) mass is 529 g/mol. The number of hydrogen-bond donors (Lipinski definition) is 2. The van der Waals surface area contributed by atoms with E-state index in [1.54, 1.807) is 38.5 Å². The van der Waals surface area contributed by atoms with E-state index in [0.717, 1.165) is 42.1 Å². The van der Waals surface area contributed by atoms with Crippen LogP contribution in [0, 0.1) is 6.92 Å². The molecule has 2 heterocycles. The van der Waals surface area contributed by atoms with Crippen LogP contribution in [-0.4, -0.2) is 37.1 Å². The number of nitrogens with one attached hydrogen (secondary N) is 2. The number of para-hydroxylation sites is 1. The smallest absolute Gasteiger partial charge is 0.251 e. The van der Waals surface area contributed by atoms with Crippen LogP contribution >= 0.6 is 0 Å². The van der Waals surface area contributed by atoms with Gasteiger partial charge < -0.3 is 24.2 Å². The van der Waals surface area contributed by atoms with Crippen molar-refractivity contribution in [1.82, 2.24) is 10.3 Å². The van der Waals surface area contributed by atoms with Gasteiger partial charge in [0, 0.05) is 34.9 Å². The number of benzene rings is 2. The van der Waals surface area contributed by atoms with Crippen LogP contribution in [0.4, 0.5) is 5.69 Å². The summed E-state index contributed by atoms with van der Waals surface area (Å²) in [4.78, 5) is 33.0. The second-order valence-electron chi connectivity index (χ2n) is 10.0. The molecule has 8 nitrogen and oxygen atoms in total. The van der Waals surface area contributed by atoms with Gasteiger partial charge in [0.1, 0.15) is 11.5 Å². The normalized spacial score (nSPS) is 14.6. The lowest BCUT2D eigenvalue weighted by molar-refractivity contribution is -0.127. The molecular formula is C31H35N3O5. The molecule has 1 aliphatic carbocycles. The zero-order valence-electron chi connectivity index (χ0n) is 22.7. The highest BCUT2D eigenvalue weighted by Crippen LogP contribution is 2.37. The van der Waals surface area contributed by atoms with Crippen molar-refractivity contribution in [3.63, 3.8) is 0 Å². The van der Waals surface area contributed by atoms with Gasteiger partial charge >= 0.3 is 0 Å². The zero-order chi connectivity index (χ0) is 27.4. The third-order valence-corrected chi connectivity index (χ3v) is 7.42. The highest BCUT2D eigenvalue weighted by atomic mass is 16.5. The Bertz CT molecular complexity index is 1450. The molecule has 0 spiro atoms. The molecule has 39 heavy (non-hydrogen) atoms. The highest BCUT2D eigenvalue weighted by Gasteiger charge is 2.37. The number of ether oxygens (including phenoxy) is 2. The average molecular weight is 530 g/mol. The number of hydrogen-bond acceptors (Lipinski definition) is 5. The van der Waals surface area contributed by atoms with E-state index in [1.165, 1.54) is 11.3 Å². The maximum Gasteiger partial charge on any atom is 0.251 e. The topological polar surface area (TPSA) is 96.8 Å². The minimum absolute atomic E-state index is 0.0702. The van der Waals surface area contributed by atoms with Crippen LogP contribution in [-0.2, 0) is 16.0 Å². The van der Waals surface area contributed by atoms with Crippen LogP contribution in [0.15, 0.2) is 65.2 Å². The lowest BCUT2D eigenvalue weighted by atomic mass is 9.95. The number of furan rings is 1. The molecule has 5 rings (SSSR count). The predicted octanol–water partition coefficient (Wildman–Crippen LogP) is 5.85. The largest absolute Gasteiger partial charge is 0.493 e. The zero-order valence-corrected chi connectivity index (χ0v) is 22.7. The molecule has 0 bridgehead atoms. The number of aromatic amines is 1. The Morgan fingerprint density at radius 1 is 1.03 bits per heavy atom. The maximum absolute atomic E-state index is 14.2. The lowest BCUT2D eigenvalue weighted by Crippen LogP contribution is -2.47. The fourth-order valence-corrected chi connectivity index (χ4v) is 5.44. The molecule has 1 unspecified atom stereocenters. The van der Waals surface area contributed by atoms with E-state index in [9.17, 15) is 9.59 Å². The summed E-state index contributed by atoms with van der Waals surface area (Å²) in [5.41, 5.74) is 2.31. The third-order valence-electron chi connectivity index (χ3n) is 7.42. The highest BCUT2D eigenvalue weighted by molar-refractivity contribution is 6.03. The summed E-state index contributed by atoms with van der Waals surface area (Å²) in [6, 6.07) is 15.7. The van der Waals surface area contributed by atoms with E-state index in [-0.39, 0.29) is 24.3 Å². The van der Waals surface area contributed by atoms with Crippen LogP contribution in [0.5, 0.6) is 11.5 Å². The Labute approximate surface area is 228 Å². The van der Waals surface area contributed by atoms with Crippen molar-refractivity contribution in [1.29, 1.82) is 0 Å². The second kappa shape index (κ2) is 11.7. The molecule has 0 saturated heterocycles. The van der Waals surface area contributed by atoms with Crippen molar-refractivity contribution in [3.8, 4) is 11.5 Å². The first-order valence-corrected chi connectivity index (χ1v) is 13.4. The number of anilines is 1. The Balaban J connectivity index is 1.58. The average Bonchev–Trinajstić information content (AvgIpc) is 3.57. The van der Waals surface area contributed by atoms with Crippen molar-refractivity contribution in [2.24, 2.45) is 0 Å². The van der Waals surface area contributed by atoms with Crippen LogP contribution in [0.3, 0.4) is 0 Å². The third kappa shape index (κ3) is 5.65. The molecule has 2 aromatic carbocycles. The van der Waals surface area contributed by atoms with E-state index >= 15 is 0 Å². The number of amides is 2. The van der Waals surface area contributed by atoms with Gasteiger partial charge in [0.25, 0.3) is 5.91 Å². The first kappa shape index (κ1) is 26.4. The minimum Gasteiger partial charge on any atom is -0.493 e. The van der Waals surface area contributed by atoms with E-state index in [1.807, 2.05) is 43.5 Å². The Kier molecular flexibility index (Phi) is 7.91. The summed E-state index contributed by atoms with van der Waals surface area (Å²) < 4.78 is 17.0. The molecule has 2 N–H and O–H groups in total. The van der Waals surface area contributed by atoms with E-state index in [0.29, 0.717) is 28.7 Å². The number of carbonyl (C=O) groups is 2. The second-order valence-corrected chi connectivity index (χ2v) is 10.0. The first-order valence-electron chi connectivity index (χ1n) is 13.4. The van der Waals surface area contributed by atoms with Gasteiger partial charge in [0.05, 0.1) is 20.6 Å². The maximum atomic E-state index is 14.2. The van der Waals surface area contributed by atoms with Crippen LogP contribution in [0.1, 0.15) is 55.2 Å². The van der Waals surface area contributed by atoms with Gasteiger partial charge in [0.2, 0.25) is 5.91 Å². The standard InChI is InChI=1S/C31H35N3O5/c1-20-13-15-27(39-20)30(31(36)33-22-9-5-4-6-10-22)34(23-14-16-26(37-2)28(18-23)38-3)29(35)17-21-19-32-25-12-8-7-11-24(21)25/h7-8,11-16,18-19,22,30,32H,4-6,9-10,17H2,1-3H3,(H,33,36). The predicted molar refractivity (Wildman–Crippen MR) is 150 cm³/mol. The Hall–Kier alpha value is -4.20. The fourth-order valence-electron chi connectivity index (χ4n) is 5.44. The Morgan fingerprint density at radius 2 is 1.79 bits per heavy atom. The van der Waals surface area contributed by atoms with E-state index in [2.05, 4.69) is 10.3 Å². The summed E-state index contributed by atoms with van der Waals surface area (Å²) in [5.74, 6) is 1.55. The first-order chi connectivity index (χ1) is 19.0. The molecular weight excluding hydrogens is 494 g/mol. The van der Waals surface area contributed by atoms with Crippen molar-refractivity contribution in [2.75, 3.05) is 19.1 Å². The van der Waals surface area contributed by atoms with E-state index in [4.69, 9.17) is 13.9 Å². The number of carbonyl (C=O) groups excluding carboxylic acids is 2. The van der Waals surface area contributed by atoms with Gasteiger partial charge in [-0.3, -0.25) is 14.5 Å². The molecule has 0 aliphatic heterocycles. The minimum atomic E-state index is -1.00. The number of methoxy groups -OCH3 is 2. The summed E-state index contributed by atoms with van der Waals surface area (Å²) in [6.45, 7) is 1.83. The van der Waals surface area contributed by atoms with Crippen LogP contribution < -0.4 is 19.7 Å². The molecule has 4 aromatic rings. The fraction of sp³-hybridized carbons (Fsp3) is 0.355. The number of H-pyrrole nitrogens is 1. The van der Waals surface area contributed by atoms with Gasteiger partial charge in [-0.1, -0.05) is 37.5 Å². The van der Waals surface area contributed by atoms with Gasteiger partial charge in [-0.15, -0.1) is 0 Å². The summed E-state index contributed by atoms with van der Waals surface area (Å²) in [7, 11) is 3.10. The van der Waals surface area contributed by atoms with Crippen LogP contribution in [0.25, 0.3) is 10.9 Å². The number of nitrogens with zero attached hydrogens (tertiary/aromatic N) is 1. The molecule has 2 amide bonds. The van der Waals surface area contributed by atoms with Crippen molar-refractivity contribution in [2.45, 2.75) is 57.5 Å². The molecule has 0 radical (unpaired) electrons. The molecule has 2 aromatic heterocycles. The molecule has 8 heteroatoms. The number of aryl methyl sites for hydroxylation is 1. The summed E-state index contributed by atoms with van der Waals surface area (Å²) in [5, 5.41) is 4.18. The van der Waals surface area contributed by atoms with Crippen molar-refractivity contribution in [3.05, 3.63) is 77.9 Å². The lowest BCUT2D eigenvalue weighted by Gasteiger charge is -2.32. The number of aromatic nitrogens is 1. The van der Waals surface area contributed by atoms with Crippen molar-refractivity contribution < 1.29 is 23.5 Å². The van der Waals surface area contributed by atoms with Gasteiger partial charge in [-0.25, -0.2) is 0 Å². The number of fused-ring (bicyclic) bond motifs is 1. The molecule has 204 valence electrons. The van der Waals surface area contributed by atoms with Crippen molar-refractivity contribution >= 4 is 28.4 Å². The Morgan fingerprint density at radius 3 is 2.51 bits per heavy atom. The summed E-state index contributed by atoms with van der Waals surface area (Å²) in [6.07, 6.45) is 7.12. The quantitative estimate of drug-likeness (QED) is 0.283. The van der Waals surface area contributed by atoms with Gasteiger partial charge in [0.15, 0.2) is 17.5 Å². The van der Waals surface area contributed by atoms with Crippen LogP contribution in [0.2, 0.25) is 0 Å². The van der Waals surface area contributed by atoms with E-state index < -0.39 is 6.04 Å². The summed E-state index contributed by atoms with van der Waals surface area (Å²) >= 11 is 0. The molecule has 1 fully saturated rings. The van der Waals surface area contributed by atoms with Gasteiger partial charge in [-0.2, -0.15) is 0 Å². The molecule has 1 atom stereocenters. The number of rotatable bonds is 9. The molecule has 1 saturated carbocycles. The molecule has 1 aliphatic rings. The SMILES string of the molecule is COc1ccc(N(C(=O)Cc2c[nH]c3ccccc23)C(C(=O)NC2CCCCC2)c2ccc(C)o2)cc1OC.